The highest BCUT2D eigenvalue weighted by Gasteiger charge is 2.53. The van der Waals surface area contributed by atoms with E-state index < -0.39 is 30.3 Å². The van der Waals surface area contributed by atoms with Crippen LogP contribution >= 0.6 is 0 Å². The number of hydrogen-bond donors (Lipinski definition) is 3. The monoisotopic (exact) mass is 246 g/mol. The van der Waals surface area contributed by atoms with Crippen LogP contribution in [-0.2, 0) is 0 Å². The van der Waals surface area contributed by atoms with Crippen LogP contribution in [0.3, 0.4) is 0 Å². The Morgan fingerprint density at radius 1 is 1.71 bits per heavy atom. The molecule has 4 N–H and O–H groups in total. The van der Waals surface area contributed by atoms with E-state index in [4.69, 9.17) is 10.8 Å². The van der Waals surface area contributed by atoms with Gasteiger partial charge in [0.1, 0.15) is 11.9 Å². The summed E-state index contributed by atoms with van der Waals surface area (Å²) in [4.78, 5) is 14.9. The number of hydrogen-bond acceptors (Lipinski definition) is 5. The number of nitrogens with zero attached hydrogens (tertiary/aromatic N) is 2. The maximum absolute atomic E-state index is 13.8. The predicted octanol–water partition coefficient (Wildman–Crippen LogP) is -1.03. The fraction of sp³-hybridized carbons (Fsp3) is 0.556. The second-order valence-electron chi connectivity index (χ2n) is 3.88. The van der Waals surface area contributed by atoms with Gasteiger partial charge in [0.2, 0.25) is 0 Å². The average molecular weight is 246 g/mol. The van der Waals surface area contributed by atoms with E-state index in [1.807, 2.05) is 0 Å². The Morgan fingerprint density at radius 2 is 2.41 bits per heavy atom. The number of aromatic nitrogens is 2. The number of nitrogen functional groups attached to an aromatic ring is 1. The smallest absolute Gasteiger partial charge is 0.350 e. The largest absolute Gasteiger partial charge is 0.395 e. The molecule has 0 unspecified atom stereocenters. The van der Waals surface area contributed by atoms with Crippen molar-refractivity contribution in [3.8, 4) is 0 Å². The lowest BCUT2D eigenvalue weighted by Gasteiger charge is -2.23. The minimum atomic E-state index is -3.21. The molecule has 17 heavy (non-hydrogen) atoms. The summed E-state index contributed by atoms with van der Waals surface area (Å²) in [6, 6.07) is -1.43. The number of anilines is 1. The Kier molecular flexibility index (Phi) is 2.84. The zero-order valence-corrected chi connectivity index (χ0v) is 8.81. The highest BCUT2D eigenvalue weighted by Crippen LogP contribution is 2.35. The fourth-order valence-corrected chi connectivity index (χ4v) is 1.89. The van der Waals surface area contributed by atoms with E-state index in [1.165, 1.54) is 12.3 Å². The molecular weight excluding hydrogens is 234 g/mol. The van der Waals surface area contributed by atoms with Crippen molar-refractivity contribution >= 4 is 5.82 Å². The molecule has 2 atom stereocenters. The standard InChI is InChI=1S/C9H12F2N4O2/c10-9(11)5(4-16)13-3-6(9)15-2-1-7(12)14-8(15)17/h1-2,5-6,13,16H,3-4H2,(H2,12,14,17)/t5-,6+/m0/s1. The number of aliphatic hydroxyl groups is 1. The first-order chi connectivity index (χ1) is 7.96. The molecule has 0 aliphatic carbocycles. The predicted molar refractivity (Wildman–Crippen MR) is 55.8 cm³/mol. The average Bonchev–Trinajstić information content (AvgIpc) is 2.54. The fourth-order valence-electron chi connectivity index (χ4n) is 1.89. The van der Waals surface area contributed by atoms with Gasteiger partial charge < -0.3 is 16.2 Å². The van der Waals surface area contributed by atoms with E-state index in [-0.39, 0.29) is 12.4 Å². The van der Waals surface area contributed by atoms with Crippen molar-refractivity contribution in [2.24, 2.45) is 0 Å². The summed E-state index contributed by atoms with van der Waals surface area (Å²) in [5.74, 6) is -3.23. The zero-order valence-electron chi connectivity index (χ0n) is 8.81. The van der Waals surface area contributed by atoms with Crippen molar-refractivity contribution < 1.29 is 13.9 Å². The van der Waals surface area contributed by atoms with Gasteiger partial charge in [-0.05, 0) is 6.07 Å². The molecule has 8 heteroatoms. The minimum absolute atomic E-state index is 0.0146. The molecule has 0 spiro atoms. The Morgan fingerprint density at radius 3 is 2.94 bits per heavy atom. The maximum atomic E-state index is 13.8. The Hall–Kier alpha value is -1.54. The van der Waals surface area contributed by atoms with Gasteiger partial charge in [-0.2, -0.15) is 4.98 Å². The summed E-state index contributed by atoms with van der Waals surface area (Å²) in [6.45, 7) is -0.801. The third kappa shape index (κ3) is 1.89. The molecule has 1 fully saturated rings. The van der Waals surface area contributed by atoms with Crippen LogP contribution in [0.15, 0.2) is 17.1 Å². The molecule has 1 aromatic heterocycles. The molecule has 6 nitrogen and oxygen atoms in total. The van der Waals surface area contributed by atoms with Crippen LogP contribution in [0.5, 0.6) is 0 Å². The van der Waals surface area contributed by atoms with Crippen LogP contribution in [0.1, 0.15) is 6.04 Å². The summed E-state index contributed by atoms with van der Waals surface area (Å²) in [5, 5.41) is 11.3. The molecule has 1 aromatic rings. The van der Waals surface area contributed by atoms with Gasteiger partial charge in [-0.25, -0.2) is 13.6 Å². The zero-order chi connectivity index (χ0) is 12.6. The van der Waals surface area contributed by atoms with Gasteiger partial charge in [0.05, 0.1) is 12.6 Å². The first kappa shape index (κ1) is 11.9. The molecule has 0 bridgehead atoms. The SMILES string of the molecule is Nc1ccn([C@@H]2CN[C@@H](CO)C2(F)F)c(=O)n1. The molecule has 0 saturated carbocycles. The number of alkyl halides is 2. The molecule has 1 saturated heterocycles. The van der Waals surface area contributed by atoms with E-state index in [1.54, 1.807) is 0 Å². The first-order valence-corrected chi connectivity index (χ1v) is 5.03. The van der Waals surface area contributed by atoms with E-state index in [2.05, 4.69) is 10.3 Å². The number of nitrogens with one attached hydrogen (secondary N) is 1. The number of halogens is 2. The molecule has 0 aromatic carbocycles. The van der Waals surface area contributed by atoms with Crippen molar-refractivity contribution in [1.82, 2.24) is 14.9 Å². The summed E-state index contributed by atoms with van der Waals surface area (Å²) in [7, 11) is 0. The normalized spacial score (nSPS) is 27.2. The van der Waals surface area contributed by atoms with Crippen molar-refractivity contribution in [3.05, 3.63) is 22.7 Å². The van der Waals surface area contributed by atoms with Gasteiger partial charge in [-0.1, -0.05) is 0 Å². The molecule has 94 valence electrons. The Balaban J connectivity index is 2.38. The molecule has 0 radical (unpaired) electrons. The number of aliphatic hydroxyl groups excluding tert-OH is 1. The Labute approximate surface area is 95.1 Å². The van der Waals surface area contributed by atoms with Gasteiger partial charge in [0, 0.05) is 12.7 Å². The van der Waals surface area contributed by atoms with Crippen LogP contribution < -0.4 is 16.7 Å². The molecular formula is C9H12F2N4O2. The molecule has 1 aliphatic rings. The third-order valence-electron chi connectivity index (χ3n) is 2.84. The van der Waals surface area contributed by atoms with Crippen LogP contribution in [0, 0.1) is 0 Å². The van der Waals surface area contributed by atoms with Gasteiger partial charge >= 0.3 is 5.69 Å². The Bertz CT molecular complexity index is 476. The number of rotatable bonds is 2. The third-order valence-corrected chi connectivity index (χ3v) is 2.84. The number of nitrogens with two attached hydrogens (primary N) is 1. The summed E-state index contributed by atoms with van der Waals surface area (Å²) in [5.41, 5.74) is 4.46. The van der Waals surface area contributed by atoms with Crippen LogP contribution in [0.2, 0.25) is 0 Å². The van der Waals surface area contributed by atoms with E-state index >= 15 is 0 Å². The van der Waals surface area contributed by atoms with Gasteiger partial charge in [0.25, 0.3) is 5.92 Å². The summed E-state index contributed by atoms with van der Waals surface area (Å²) < 4.78 is 28.4. The minimum Gasteiger partial charge on any atom is -0.395 e. The van der Waals surface area contributed by atoms with Gasteiger partial charge in [0.15, 0.2) is 0 Å². The lowest BCUT2D eigenvalue weighted by molar-refractivity contribution is -0.0585. The maximum Gasteiger partial charge on any atom is 0.350 e. The van der Waals surface area contributed by atoms with Crippen molar-refractivity contribution in [2.75, 3.05) is 18.9 Å². The first-order valence-electron chi connectivity index (χ1n) is 5.03. The lowest BCUT2D eigenvalue weighted by atomic mass is 10.1. The quantitative estimate of drug-likeness (QED) is 0.620. The van der Waals surface area contributed by atoms with Crippen LogP contribution in [-0.4, -0.2) is 39.8 Å². The highest BCUT2D eigenvalue weighted by molar-refractivity contribution is 5.24. The van der Waals surface area contributed by atoms with Gasteiger partial charge in [-0.15, -0.1) is 0 Å². The summed E-state index contributed by atoms with van der Waals surface area (Å²) in [6.07, 6.45) is 1.19. The van der Waals surface area contributed by atoms with E-state index in [0.717, 1.165) is 4.57 Å². The highest BCUT2D eigenvalue weighted by atomic mass is 19.3. The van der Waals surface area contributed by atoms with Crippen LogP contribution in [0.25, 0.3) is 0 Å². The van der Waals surface area contributed by atoms with Crippen molar-refractivity contribution in [1.29, 1.82) is 0 Å². The molecule has 0 amide bonds. The second-order valence-corrected chi connectivity index (χ2v) is 3.88. The molecule has 1 aliphatic heterocycles. The molecule has 2 rings (SSSR count). The van der Waals surface area contributed by atoms with Crippen molar-refractivity contribution in [2.45, 2.75) is 18.0 Å². The molecule has 2 heterocycles. The van der Waals surface area contributed by atoms with E-state index in [0.29, 0.717) is 0 Å². The second kappa shape index (κ2) is 4.04. The van der Waals surface area contributed by atoms with E-state index in [9.17, 15) is 13.6 Å². The summed E-state index contributed by atoms with van der Waals surface area (Å²) >= 11 is 0. The lowest BCUT2D eigenvalue weighted by Crippen LogP contribution is -2.43. The van der Waals surface area contributed by atoms with Gasteiger partial charge in [-0.3, -0.25) is 4.57 Å². The van der Waals surface area contributed by atoms with Crippen LogP contribution in [0.4, 0.5) is 14.6 Å². The van der Waals surface area contributed by atoms with Crippen molar-refractivity contribution in [3.63, 3.8) is 0 Å². The topological polar surface area (TPSA) is 93.2 Å².